The number of halogens is 2. The van der Waals surface area contributed by atoms with Crippen LogP contribution in [-0.4, -0.2) is 17.4 Å². The van der Waals surface area contributed by atoms with E-state index in [9.17, 15) is 13.6 Å². The third kappa shape index (κ3) is 3.50. The van der Waals surface area contributed by atoms with E-state index >= 15 is 0 Å². The Labute approximate surface area is 126 Å². The molecule has 2 aromatic rings. The minimum absolute atomic E-state index is 0.0315. The smallest absolute Gasteiger partial charge is 0.220 e. The van der Waals surface area contributed by atoms with E-state index in [2.05, 4.69) is 10.3 Å². The van der Waals surface area contributed by atoms with Gasteiger partial charge in [-0.2, -0.15) is 0 Å². The van der Waals surface area contributed by atoms with E-state index in [0.29, 0.717) is 18.2 Å². The van der Waals surface area contributed by atoms with Crippen molar-refractivity contribution in [3.8, 4) is 11.3 Å². The highest BCUT2D eigenvalue weighted by atomic mass is 19.1. The van der Waals surface area contributed by atoms with Gasteiger partial charge >= 0.3 is 0 Å². The minimum Gasteiger partial charge on any atom is -0.441 e. The lowest BCUT2D eigenvalue weighted by molar-refractivity contribution is -0.121. The second-order valence-electron chi connectivity index (χ2n) is 5.46. The van der Waals surface area contributed by atoms with Crippen LogP contribution in [0.4, 0.5) is 8.78 Å². The number of nitrogens with zero attached hydrogens (tertiary/aromatic N) is 1. The third-order valence-corrected chi connectivity index (χ3v) is 3.61. The van der Waals surface area contributed by atoms with Gasteiger partial charge in [-0.3, -0.25) is 4.79 Å². The lowest BCUT2D eigenvalue weighted by Crippen LogP contribution is -2.25. The van der Waals surface area contributed by atoms with Crippen LogP contribution in [0.25, 0.3) is 11.3 Å². The highest BCUT2D eigenvalue weighted by molar-refractivity contribution is 5.76. The average molecular weight is 306 g/mol. The molecule has 0 unspecified atom stereocenters. The van der Waals surface area contributed by atoms with Crippen LogP contribution in [0.2, 0.25) is 0 Å². The van der Waals surface area contributed by atoms with Gasteiger partial charge in [0.15, 0.2) is 11.7 Å². The summed E-state index contributed by atoms with van der Waals surface area (Å²) in [6.07, 6.45) is 4.17. The first-order valence-corrected chi connectivity index (χ1v) is 7.29. The molecule has 1 aliphatic rings. The highest BCUT2D eigenvalue weighted by Gasteiger charge is 2.21. The molecule has 1 aliphatic carbocycles. The summed E-state index contributed by atoms with van der Waals surface area (Å²) < 4.78 is 32.6. The summed E-state index contributed by atoms with van der Waals surface area (Å²) in [5.74, 6) is -0.525. The maximum absolute atomic E-state index is 13.6. The van der Waals surface area contributed by atoms with Gasteiger partial charge in [0, 0.05) is 19.4 Å². The molecule has 0 radical (unpaired) electrons. The number of aryl methyl sites for hydroxylation is 1. The molecule has 0 spiro atoms. The highest BCUT2D eigenvalue weighted by Crippen LogP contribution is 2.28. The number of amides is 1. The number of oxazole rings is 1. The molecule has 0 bridgehead atoms. The van der Waals surface area contributed by atoms with Crippen LogP contribution in [-0.2, 0) is 11.2 Å². The molecular weight excluding hydrogens is 290 g/mol. The molecule has 6 heteroatoms. The Morgan fingerprint density at radius 2 is 2.05 bits per heavy atom. The molecule has 116 valence electrons. The fraction of sp³-hybridized carbons (Fsp3) is 0.375. The number of carbonyl (C=O) groups excluding carboxylic acids is 1. The molecule has 0 aliphatic heterocycles. The third-order valence-electron chi connectivity index (χ3n) is 3.61. The average Bonchev–Trinajstić information content (AvgIpc) is 3.21. The Balaban J connectivity index is 1.60. The normalized spacial score (nSPS) is 14.1. The van der Waals surface area contributed by atoms with Crippen molar-refractivity contribution in [1.82, 2.24) is 10.3 Å². The summed E-state index contributed by atoms with van der Waals surface area (Å²) in [4.78, 5) is 15.6. The summed E-state index contributed by atoms with van der Waals surface area (Å²) in [5.41, 5.74) is -0.237. The zero-order valence-electron chi connectivity index (χ0n) is 11.9. The molecule has 4 nitrogen and oxygen atoms in total. The van der Waals surface area contributed by atoms with Crippen LogP contribution in [0.15, 0.2) is 28.8 Å². The molecule has 1 fully saturated rings. The van der Waals surface area contributed by atoms with Crippen LogP contribution < -0.4 is 5.32 Å². The first kappa shape index (κ1) is 14.7. The fourth-order valence-electron chi connectivity index (χ4n) is 2.16. The molecular formula is C16H16F2N2O2. The van der Waals surface area contributed by atoms with Crippen molar-refractivity contribution in [1.29, 1.82) is 0 Å². The predicted octanol–water partition coefficient (Wildman–Crippen LogP) is 3.08. The molecule has 1 aromatic heterocycles. The van der Waals surface area contributed by atoms with E-state index in [1.165, 1.54) is 25.1 Å². The SMILES string of the molecule is O=C(CCc1ncc(-c2c(F)cccc2F)o1)NCC1CC1. The van der Waals surface area contributed by atoms with Crippen LogP contribution in [0.1, 0.15) is 25.2 Å². The lowest BCUT2D eigenvalue weighted by Gasteiger charge is -2.02. The summed E-state index contributed by atoms with van der Waals surface area (Å²) in [5, 5.41) is 2.84. The number of nitrogens with one attached hydrogen (secondary N) is 1. The second kappa shape index (κ2) is 6.25. The fourth-order valence-corrected chi connectivity index (χ4v) is 2.16. The van der Waals surface area contributed by atoms with Gasteiger partial charge in [-0.1, -0.05) is 6.07 Å². The van der Waals surface area contributed by atoms with Crippen molar-refractivity contribution < 1.29 is 18.0 Å². The maximum Gasteiger partial charge on any atom is 0.220 e. The van der Waals surface area contributed by atoms with Gasteiger partial charge in [0.1, 0.15) is 11.6 Å². The van der Waals surface area contributed by atoms with Gasteiger partial charge in [-0.15, -0.1) is 0 Å². The van der Waals surface area contributed by atoms with Crippen molar-refractivity contribution in [2.75, 3.05) is 6.54 Å². The Kier molecular flexibility index (Phi) is 4.18. The van der Waals surface area contributed by atoms with Crippen molar-refractivity contribution in [3.63, 3.8) is 0 Å². The zero-order chi connectivity index (χ0) is 15.5. The van der Waals surface area contributed by atoms with Crippen molar-refractivity contribution in [2.24, 2.45) is 5.92 Å². The van der Waals surface area contributed by atoms with Crippen LogP contribution in [0, 0.1) is 17.6 Å². The number of benzene rings is 1. The van der Waals surface area contributed by atoms with Crippen molar-refractivity contribution in [2.45, 2.75) is 25.7 Å². The molecule has 1 N–H and O–H groups in total. The largest absolute Gasteiger partial charge is 0.441 e. The molecule has 1 saturated carbocycles. The zero-order valence-corrected chi connectivity index (χ0v) is 11.9. The molecule has 0 atom stereocenters. The van der Waals surface area contributed by atoms with E-state index in [0.717, 1.165) is 18.7 Å². The quantitative estimate of drug-likeness (QED) is 0.892. The maximum atomic E-state index is 13.6. The lowest BCUT2D eigenvalue weighted by atomic mass is 10.1. The number of rotatable bonds is 6. The van der Waals surface area contributed by atoms with Crippen molar-refractivity contribution in [3.05, 3.63) is 41.9 Å². The van der Waals surface area contributed by atoms with E-state index < -0.39 is 11.6 Å². The van der Waals surface area contributed by atoms with Crippen molar-refractivity contribution >= 4 is 5.91 Å². The summed E-state index contributed by atoms with van der Waals surface area (Å²) in [7, 11) is 0. The number of aromatic nitrogens is 1. The van der Waals surface area contributed by atoms with Crippen LogP contribution in [0.5, 0.6) is 0 Å². The molecule has 0 saturated heterocycles. The Morgan fingerprint density at radius 1 is 1.32 bits per heavy atom. The summed E-state index contributed by atoms with van der Waals surface area (Å²) >= 11 is 0. The standard InChI is InChI=1S/C16H16F2N2O2/c17-11-2-1-3-12(18)16(11)13-9-20-15(22-13)7-6-14(21)19-8-10-4-5-10/h1-3,9-10H,4-8H2,(H,19,21). The number of carbonyl (C=O) groups is 1. The van der Waals surface area contributed by atoms with E-state index in [1.807, 2.05) is 0 Å². The number of hydrogen-bond donors (Lipinski definition) is 1. The molecule has 1 aromatic carbocycles. The first-order chi connectivity index (χ1) is 10.6. The van der Waals surface area contributed by atoms with E-state index in [-0.39, 0.29) is 23.7 Å². The Morgan fingerprint density at radius 3 is 2.73 bits per heavy atom. The van der Waals surface area contributed by atoms with Gasteiger partial charge in [-0.05, 0) is 30.9 Å². The number of hydrogen-bond acceptors (Lipinski definition) is 3. The van der Waals surface area contributed by atoms with Crippen LogP contribution >= 0.6 is 0 Å². The minimum atomic E-state index is -0.704. The predicted molar refractivity (Wildman–Crippen MR) is 75.9 cm³/mol. The second-order valence-corrected chi connectivity index (χ2v) is 5.46. The summed E-state index contributed by atoms with van der Waals surface area (Å²) in [6.45, 7) is 0.718. The van der Waals surface area contributed by atoms with Gasteiger partial charge in [-0.25, -0.2) is 13.8 Å². The topological polar surface area (TPSA) is 55.1 Å². The van der Waals surface area contributed by atoms with E-state index in [1.54, 1.807) is 0 Å². The summed E-state index contributed by atoms with van der Waals surface area (Å²) in [6, 6.07) is 3.60. The molecule has 1 heterocycles. The molecule has 1 amide bonds. The van der Waals surface area contributed by atoms with Gasteiger partial charge in [0.05, 0.1) is 11.8 Å². The molecule has 22 heavy (non-hydrogen) atoms. The Hall–Kier alpha value is -2.24. The molecule has 3 rings (SSSR count). The Bertz CT molecular complexity index is 660. The first-order valence-electron chi connectivity index (χ1n) is 7.29. The van der Waals surface area contributed by atoms with Crippen LogP contribution in [0.3, 0.4) is 0 Å². The van der Waals surface area contributed by atoms with Gasteiger partial charge in [0.25, 0.3) is 0 Å². The van der Waals surface area contributed by atoms with Gasteiger partial charge in [0.2, 0.25) is 5.91 Å². The van der Waals surface area contributed by atoms with Gasteiger partial charge < -0.3 is 9.73 Å². The monoisotopic (exact) mass is 306 g/mol. The van der Waals surface area contributed by atoms with E-state index in [4.69, 9.17) is 4.42 Å².